The molecule has 0 aromatic heterocycles. The molecule has 1 N–H and O–H groups in total. The lowest BCUT2D eigenvalue weighted by Crippen LogP contribution is -2.30. The van der Waals surface area contributed by atoms with Crippen LogP contribution in [0.2, 0.25) is 5.02 Å². The van der Waals surface area contributed by atoms with Gasteiger partial charge in [0.15, 0.2) is 11.5 Å². The van der Waals surface area contributed by atoms with Gasteiger partial charge in [-0.1, -0.05) is 30.9 Å². The van der Waals surface area contributed by atoms with Crippen LogP contribution in [-0.4, -0.2) is 19.3 Å². The molecule has 2 rings (SSSR count). The molecule has 0 amide bonds. The second-order valence-corrected chi connectivity index (χ2v) is 5.89. The number of halogens is 1. The van der Waals surface area contributed by atoms with Crippen molar-refractivity contribution >= 4 is 11.6 Å². The van der Waals surface area contributed by atoms with Crippen LogP contribution >= 0.6 is 11.6 Å². The molecule has 0 spiro atoms. The quantitative estimate of drug-likeness (QED) is 0.800. The van der Waals surface area contributed by atoms with Crippen molar-refractivity contribution in [1.82, 2.24) is 5.32 Å². The Morgan fingerprint density at radius 3 is 2.48 bits per heavy atom. The predicted octanol–water partition coefficient (Wildman–Crippen LogP) is 4.56. The van der Waals surface area contributed by atoms with E-state index in [9.17, 15) is 0 Å². The predicted molar refractivity (Wildman–Crippen MR) is 87.5 cm³/mol. The molecule has 1 saturated carbocycles. The van der Waals surface area contributed by atoms with Gasteiger partial charge >= 0.3 is 0 Å². The largest absolute Gasteiger partial charge is 0.490 e. The smallest absolute Gasteiger partial charge is 0.179 e. The van der Waals surface area contributed by atoms with Crippen molar-refractivity contribution in [2.24, 2.45) is 0 Å². The van der Waals surface area contributed by atoms with Crippen molar-refractivity contribution < 1.29 is 9.47 Å². The number of benzene rings is 1. The Hall–Kier alpha value is -0.930. The van der Waals surface area contributed by atoms with Crippen LogP contribution in [0.4, 0.5) is 0 Å². The van der Waals surface area contributed by atoms with Crippen LogP contribution in [0.15, 0.2) is 12.1 Å². The molecule has 0 unspecified atom stereocenters. The molecule has 0 radical (unpaired) electrons. The third kappa shape index (κ3) is 4.79. The lowest BCUT2D eigenvalue weighted by molar-refractivity contribution is 0.287. The maximum absolute atomic E-state index is 6.34. The molecule has 1 fully saturated rings. The first kappa shape index (κ1) is 16.4. The van der Waals surface area contributed by atoms with E-state index in [0.29, 0.717) is 30.0 Å². The van der Waals surface area contributed by atoms with Crippen molar-refractivity contribution in [1.29, 1.82) is 0 Å². The van der Waals surface area contributed by atoms with E-state index < -0.39 is 0 Å². The van der Waals surface area contributed by atoms with Gasteiger partial charge in [0.1, 0.15) is 0 Å². The number of nitrogens with one attached hydrogen (secondary N) is 1. The lowest BCUT2D eigenvalue weighted by atomic mass is 9.95. The molecular formula is C17H26ClNO2. The highest BCUT2D eigenvalue weighted by Crippen LogP contribution is 2.36. The molecule has 0 atom stereocenters. The van der Waals surface area contributed by atoms with Gasteiger partial charge in [0.05, 0.1) is 18.2 Å². The van der Waals surface area contributed by atoms with E-state index in [1.807, 2.05) is 26.0 Å². The molecule has 0 bridgehead atoms. The highest BCUT2D eigenvalue weighted by Gasteiger charge is 2.15. The fourth-order valence-electron chi connectivity index (χ4n) is 2.84. The summed E-state index contributed by atoms with van der Waals surface area (Å²) in [4.78, 5) is 0. The summed E-state index contributed by atoms with van der Waals surface area (Å²) < 4.78 is 11.3. The summed E-state index contributed by atoms with van der Waals surface area (Å²) >= 11 is 6.34. The third-order valence-electron chi connectivity index (χ3n) is 3.86. The molecule has 3 nitrogen and oxygen atoms in total. The summed E-state index contributed by atoms with van der Waals surface area (Å²) in [6.07, 6.45) is 6.62. The van der Waals surface area contributed by atoms with Crippen LogP contribution in [-0.2, 0) is 6.54 Å². The topological polar surface area (TPSA) is 30.5 Å². The molecule has 1 aliphatic rings. The van der Waals surface area contributed by atoms with E-state index in [1.54, 1.807) is 0 Å². The van der Waals surface area contributed by atoms with Crippen molar-refractivity contribution in [3.05, 3.63) is 22.7 Å². The molecule has 0 aliphatic heterocycles. The minimum Gasteiger partial charge on any atom is -0.490 e. The van der Waals surface area contributed by atoms with Gasteiger partial charge in [-0.15, -0.1) is 0 Å². The maximum atomic E-state index is 6.34. The van der Waals surface area contributed by atoms with Crippen LogP contribution in [0.3, 0.4) is 0 Å². The molecule has 118 valence electrons. The van der Waals surface area contributed by atoms with Crippen LogP contribution in [0.1, 0.15) is 51.5 Å². The molecule has 4 heteroatoms. The first-order valence-electron chi connectivity index (χ1n) is 8.06. The average molecular weight is 312 g/mol. The minimum atomic E-state index is 0.583. The van der Waals surface area contributed by atoms with Crippen LogP contribution in [0.5, 0.6) is 11.5 Å². The van der Waals surface area contributed by atoms with Gasteiger partial charge in [0.2, 0.25) is 0 Å². The van der Waals surface area contributed by atoms with E-state index in [4.69, 9.17) is 21.1 Å². The van der Waals surface area contributed by atoms with E-state index in [2.05, 4.69) is 5.32 Å². The van der Waals surface area contributed by atoms with Crippen molar-refractivity contribution in [3.8, 4) is 11.5 Å². The average Bonchev–Trinajstić information content (AvgIpc) is 2.50. The third-order valence-corrected chi connectivity index (χ3v) is 4.14. The van der Waals surface area contributed by atoms with Crippen LogP contribution in [0, 0.1) is 0 Å². The summed E-state index contributed by atoms with van der Waals surface area (Å²) in [6.45, 7) is 5.94. The first-order chi connectivity index (χ1) is 10.2. The van der Waals surface area contributed by atoms with Gasteiger partial charge in [-0.3, -0.25) is 0 Å². The zero-order chi connectivity index (χ0) is 15.1. The number of hydrogen-bond donors (Lipinski definition) is 1. The Bertz CT molecular complexity index is 445. The van der Waals surface area contributed by atoms with E-state index in [0.717, 1.165) is 17.9 Å². The normalized spacial score (nSPS) is 16.0. The first-order valence-corrected chi connectivity index (χ1v) is 8.43. The Balaban J connectivity index is 2.04. The SMILES string of the molecule is CCOc1cc(CNC2CCCCC2)cc(Cl)c1OCC. The minimum absolute atomic E-state index is 0.583. The second-order valence-electron chi connectivity index (χ2n) is 5.49. The molecule has 1 aliphatic carbocycles. The fraction of sp³-hybridized carbons (Fsp3) is 0.647. The van der Waals surface area contributed by atoms with Gasteiger partial charge in [-0.05, 0) is 44.4 Å². The van der Waals surface area contributed by atoms with Crippen LogP contribution < -0.4 is 14.8 Å². The van der Waals surface area contributed by atoms with E-state index in [1.165, 1.54) is 32.1 Å². The summed E-state index contributed by atoms with van der Waals surface area (Å²) in [5.41, 5.74) is 1.15. The summed E-state index contributed by atoms with van der Waals surface area (Å²) in [6, 6.07) is 4.65. The van der Waals surface area contributed by atoms with Gasteiger partial charge in [-0.2, -0.15) is 0 Å². The van der Waals surface area contributed by atoms with Crippen molar-refractivity contribution in [2.45, 2.75) is 58.5 Å². The lowest BCUT2D eigenvalue weighted by Gasteiger charge is -2.23. The van der Waals surface area contributed by atoms with Crippen LogP contribution in [0.25, 0.3) is 0 Å². The van der Waals surface area contributed by atoms with Crippen molar-refractivity contribution in [2.75, 3.05) is 13.2 Å². The van der Waals surface area contributed by atoms with Gasteiger partial charge in [-0.25, -0.2) is 0 Å². The highest BCUT2D eigenvalue weighted by molar-refractivity contribution is 6.32. The molecule has 0 heterocycles. The molecule has 1 aromatic rings. The number of ether oxygens (including phenoxy) is 2. The summed E-state index contributed by atoms with van der Waals surface area (Å²) in [5.74, 6) is 1.40. The standard InChI is InChI=1S/C17H26ClNO2/c1-3-20-16-11-13(10-15(18)17(16)21-4-2)12-19-14-8-6-5-7-9-14/h10-11,14,19H,3-9,12H2,1-2H3. The fourth-order valence-corrected chi connectivity index (χ4v) is 3.13. The Kier molecular flexibility index (Phi) is 6.65. The Morgan fingerprint density at radius 2 is 1.81 bits per heavy atom. The molecule has 0 saturated heterocycles. The monoisotopic (exact) mass is 311 g/mol. The highest BCUT2D eigenvalue weighted by atomic mass is 35.5. The summed E-state index contributed by atoms with van der Waals surface area (Å²) in [7, 11) is 0. The molecule has 1 aromatic carbocycles. The van der Waals surface area contributed by atoms with Gasteiger partial charge in [0, 0.05) is 12.6 Å². The maximum Gasteiger partial charge on any atom is 0.179 e. The Morgan fingerprint density at radius 1 is 1.10 bits per heavy atom. The number of rotatable bonds is 7. The second kappa shape index (κ2) is 8.50. The number of hydrogen-bond acceptors (Lipinski definition) is 3. The molecular weight excluding hydrogens is 286 g/mol. The Labute approximate surface area is 133 Å². The zero-order valence-electron chi connectivity index (χ0n) is 13.1. The summed E-state index contributed by atoms with van der Waals surface area (Å²) in [5, 5.41) is 4.26. The van der Waals surface area contributed by atoms with E-state index >= 15 is 0 Å². The van der Waals surface area contributed by atoms with Gasteiger partial charge in [0.25, 0.3) is 0 Å². The van der Waals surface area contributed by atoms with Crippen molar-refractivity contribution in [3.63, 3.8) is 0 Å². The molecule has 21 heavy (non-hydrogen) atoms. The zero-order valence-corrected chi connectivity index (χ0v) is 13.8. The van der Waals surface area contributed by atoms with Gasteiger partial charge < -0.3 is 14.8 Å². The van der Waals surface area contributed by atoms with E-state index in [-0.39, 0.29) is 0 Å².